The van der Waals surface area contributed by atoms with Crippen molar-refractivity contribution in [2.75, 3.05) is 7.11 Å². The molecule has 0 aliphatic heterocycles. The Hall–Kier alpha value is -1.49. The normalized spacial score (nSPS) is 16.4. The van der Waals surface area contributed by atoms with Crippen LogP contribution in [-0.4, -0.2) is 19.1 Å². The molecule has 1 aromatic carbocycles. The molecule has 98 valence electrons. The number of carbonyl (C=O) groups excluding carboxylic acids is 1. The van der Waals surface area contributed by atoms with Gasteiger partial charge < -0.3 is 10.1 Å². The van der Waals surface area contributed by atoms with Gasteiger partial charge in [-0.05, 0) is 36.5 Å². The zero-order valence-corrected chi connectivity index (χ0v) is 10.1. The van der Waals surface area contributed by atoms with Crippen LogP contribution in [0.25, 0.3) is 0 Å². The fourth-order valence-corrected chi connectivity index (χ4v) is 1.88. The number of methoxy groups -OCH3 is 1. The first-order valence-corrected chi connectivity index (χ1v) is 5.87. The van der Waals surface area contributed by atoms with Gasteiger partial charge in [0.15, 0.2) is 11.6 Å². The van der Waals surface area contributed by atoms with Crippen molar-refractivity contribution in [3.05, 3.63) is 35.4 Å². The highest BCUT2D eigenvalue weighted by Gasteiger charge is 2.36. The highest BCUT2D eigenvalue weighted by atomic mass is 19.2. The lowest BCUT2D eigenvalue weighted by atomic mass is 10.1. The number of halogens is 2. The molecule has 1 aromatic rings. The minimum absolute atomic E-state index is 0.294. The molecule has 0 radical (unpaired) electrons. The Bertz CT molecular complexity index is 447. The Morgan fingerprint density at radius 1 is 1.44 bits per heavy atom. The van der Waals surface area contributed by atoms with Crippen molar-refractivity contribution < 1.29 is 18.3 Å². The van der Waals surface area contributed by atoms with Crippen LogP contribution in [0.5, 0.6) is 0 Å². The molecule has 0 spiro atoms. The number of ether oxygens (including phenoxy) is 1. The quantitative estimate of drug-likeness (QED) is 0.818. The van der Waals surface area contributed by atoms with Crippen LogP contribution in [0.15, 0.2) is 18.2 Å². The van der Waals surface area contributed by atoms with Crippen LogP contribution in [0.1, 0.15) is 18.4 Å². The molecule has 18 heavy (non-hydrogen) atoms. The largest absolute Gasteiger partial charge is 0.468 e. The summed E-state index contributed by atoms with van der Waals surface area (Å²) in [6.07, 6.45) is 1.98. The minimum atomic E-state index is -0.879. The van der Waals surface area contributed by atoms with Gasteiger partial charge in [-0.25, -0.2) is 8.78 Å². The number of hydrogen-bond donors (Lipinski definition) is 1. The smallest absolute Gasteiger partial charge is 0.323 e. The fraction of sp³-hybridized carbons (Fsp3) is 0.462. The molecule has 1 N–H and O–H groups in total. The average molecular weight is 255 g/mol. The summed E-state index contributed by atoms with van der Waals surface area (Å²) in [5, 5.41) is 3.03. The summed E-state index contributed by atoms with van der Waals surface area (Å²) in [5.41, 5.74) is 0.600. The van der Waals surface area contributed by atoms with Gasteiger partial charge in [0.05, 0.1) is 7.11 Å². The molecule has 1 aliphatic carbocycles. The Balaban J connectivity index is 1.96. The predicted octanol–water partition coefficient (Wildman–Crippen LogP) is 2.01. The van der Waals surface area contributed by atoms with Crippen molar-refractivity contribution in [2.24, 2.45) is 5.92 Å². The Labute approximate surface area is 104 Å². The molecule has 0 aromatic heterocycles. The molecule has 5 heteroatoms. The van der Waals surface area contributed by atoms with Crippen LogP contribution in [-0.2, 0) is 16.1 Å². The van der Waals surface area contributed by atoms with Gasteiger partial charge in [0.1, 0.15) is 6.04 Å². The zero-order chi connectivity index (χ0) is 13.1. The maximum absolute atomic E-state index is 13.0. The number of rotatable bonds is 5. The molecule has 0 saturated heterocycles. The van der Waals surface area contributed by atoms with E-state index in [9.17, 15) is 13.6 Å². The van der Waals surface area contributed by atoms with Crippen LogP contribution in [0.4, 0.5) is 8.78 Å². The molecule has 0 bridgehead atoms. The summed E-state index contributed by atoms with van der Waals surface area (Å²) in [4.78, 5) is 11.5. The number of carbonyl (C=O) groups is 1. The third-order valence-corrected chi connectivity index (χ3v) is 3.06. The van der Waals surface area contributed by atoms with Gasteiger partial charge in [-0.3, -0.25) is 4.79 Å². The highest BCUT2D eigenvalue weighted by molar-refractivity contribution is 5.76. The van der Waals surface area contributed by atoms with Gasteiger partial charge in [0, 0.05) is 6.54 Å². The minimum Gasteiger partial charge on any atom is -0.468 e. The van der Waals surface area contributed by atoms with Crippen molar-refractivity contribution in [2.45, 2.75) is 25.4 Å². The molecule has 3 nitrogen and oxygen atoms in total. The fourth-order valence-electron chi connectivity index (χ4n) is 1.88. The average Bonchev–Trinajstić information content (AvgIpc) is 3.18. The van der Waals surface area contributed by atoms with Crippen LogP contribution >= 0.6 is 0 Å². The monoisotopic (exact) mass is 255 g/mol. The molecule has 1 aliphatic rings. The van der Waals surface area contributed by atoms with E-state index in [0.29, 0.717) is 18.0 Å². The Morgan fingerprint density at radius 2 is 2.17 bits per heavy atom. The lowest BCUT2D eigenvalue weighted by Crippen LogP contribution is -2.39. The molecule has 1 fully saturated rings. The second-order valence-corrected chi connectivity index (χ2v) is 4.47. The van der Waals surface area contributed by atoms with Gasteiger partial charge in [0.25, 0.3) is 0 Å². The van der Waals surface area contributed by atoms with Crippen LogP contribution in [0, 0.1) is 17.6 Å². The summed E-state index contributed by atoms with van der Waals surface area (Å²) in [7, 11) is 1.34. The third-order valence-electron chi connectivity index (χ3n) is 3.06. The molecular formula is C13H15F2NO2. The molecule has 1 saturated carbocycles. The van der Waals surface area contributed by atoms with Crippen LogP contribution in [0.3, 0.4) is 0 Å². The van der Waals surface area contributed by atoms with Crippen molar-refractivity contribution in [3.63, 3.8) is 0 Å². The number of nitrogens with one attached hydrogen (secondary N) is 1. The second-order valence-electron chi connectivity index (χ2n) is 4.47. The Morgan fingerprint density at radius 3 is 2.72 bits per heavy atom. The van der Waals surface area contributed by atoms with Gasteiger partial charge in [-0.15, -0.1) is 0 Å². The molecule has 0 amide bonds. The second kappa shape index (κ2) is 5.44. The zero-order valence-electron chi connectivity index (χ0n) is 10.1. The molecule has 0 heterocycles. The highest BCUT2D eigenvalue weighted by Crippen LogP contribution is 2.33. The van der Waals surface area contributed by atoms with E-state index >= 15 is 0 Å². The van der Waals surface area contributed by atoms with Crippen LogP contribution < -0.4 is 5.32 Å². The lowest BCUT2D eigenvalue weighted by molar-refractivity contribution is -0.143. The van der Waals surface area contributed by atoms with E-state index in [1.54, 1.807) is 0 Å². The predicted molar refractivity (Wildman–Crippen MR) is 61.7 cm³/mol. The maximum Gasteiger partial charge on any atom is 0.323 e. The maximum atomic E-state index is 13.0. The van der Waals surface area contributed by atoms with Gasteiger partial charge in [0.2, 0.25) is 0 Å². The van der Waals surface area contributed by atoms with Crippen molar-refractivity contribution in [1.82, 2.24) is 5.32 Å². The van der Waals surface area contributed by atoms with E-state index in [0.717, 1.165) is 25.0 Å². The summed E-state index contributed by atoms with van der Waals surface area (Å²) < 4.78 is 30.5. The van der Waals surface area contributed by atoms with Crippen LogP contribution in [0.2, 0.25) is 0 Å². The Kier molecular flexibility index (Phi) is 3.91. The third kappa shape index (κ3) is 3.04. The summed E-state index contributed by atoms with van der Waals surface area (Å²) in [6, 6.07) is 3.34. The van der Waals surface area contributed by atoms with E-state index in [2.05, 4.69) is 5.32 Å². The summed E-state index contributed by atoms with van der Waals surface area (Å²) in [6.45, 7) is 0.313. The first kappa shape index (κ1) is 13.0. The first-order chi connectivity index (χ1) is 8.61. The molecule has 1 atom stereocenters. The number of benzene rings is 1. The van der Waals surface area contributed by atoms with E-state index < -0.39 is 11.6 Å². The molecular weight excluding hydrogens is 240 g/mol. The van der Waals surface area contributed by atoms with E-state index in [4.69, 9.17) is 4.74 Å². The van der Waals surface area contributed by atoms with E-state index in [1.807, 2.05) is 0 Å². The van der Waals surface area contributed by atoms with Crippen molar-refractivity contribution in [3.8, 4) is 0 Å². The SMILES string of the molecule is COC(=O)C(NCc1ccc(F)c(F)c1)C1CC1. The number of hydrogen-bond acceptors (Lipinski definition) is 3. The first-order valence-electron chi connectivity index (χ1n) is 5.87. The van der Waals surface area contributed by atoms with E-state index in [1.165, 1.54) is 13.2 Å². The van der Waals surface area contributed by atoms with Crippen molar-refractivity contribution in [1.29, 1.82) is 0 Å². The van der Waals surface area contributed by atoms with E-state index in [-0.39, 0.29) is 12.0 Å². The van der Waals surface area contributed by atoms with Gasteiger partial charge >= 0.3 is 5.97 Å². The standard InChI is InChI=1S/C13H15F2NO2/c1-18-13(17)12(9-3-4-9)16-7-8-2-5-10(14)11(15)6-8/h2,5-6,9,12,16H,3-4,7H2,1H3. The summed E-state index contributed by atoms with van der Waals surface area (Å²) in [5.74, 6) is -1.76. The topological polar surface area (TPSA) is 38.3 Å². The molecule has 2 rings (SSSR count). The van der Waals surface area contributed by atoms with Crippen molar-refractivity contribution >= 4 is 5.97 Å². The summed E-state index contributed by atoms with van der Waals surface area (Å²) >= 11 is 0. The molecule has 1 unspecified atom stereocenters. The van der Waals surface area contributed by atoms with Gasteiger partial charge in [-0.1, -0.05) is 6.07 Å². The van der Waals surface area contributed by atoms with Gasteiger partial charge in [-0.2, -0.15) is 0 Å². The lowest BCUT2D eigenvalue weighted by Gasteiger charge is -2.15. The number of esters is 1.